The highest BCUT2D eigenvalue weighted by molar-refractivity contribution is 9.10. The van der Waals surface area contributed by atoms with Gasteiger partial charge in [-0.2, -0.15) is 13.8 Å². The molecule has 0 spiro atoms. The van der Waals surface area contributed by atoms with E-state index in [1.165, 1.54) is 0 Å². The van der Waals surface area contributed by atoms with Crippen molar-refractivity contribution < 1.29 is 5.11 Å². The maximum absolute atomic E-state index is 9.96. The first kappa shape index (κ1) is 11.7. The van der Waals surface area contributed by atoms with E-state index < -0.39 is 6.10 Å². The standard InChI is InChI=1S/C9H11BrN4OS/c1-5-9(10)7(14(2)12-5)3-8(15)6-4-11-16-13-6/h4,8,15H,3H2,1-2H3. The minimum atomic E-state index is -0.634. The number of nitrogens with zero attached hydrogens (tertiary/aromatic N) is 4. The first-order valence-corrected chi connectivity index (χ1v) is 6.25. The van der Waals surface area contributed by atoms with Crippen LogP contribution in [0.1, 0.15) is 23.2 Å². The third kappa shape index (κ3) is 2.16. The largest absolute Gasteiger partial charge is 0.386 e. The Morgan fingerprint density at radius 2 is 2.38 bits per heavy atom. The SMILES string of the molecule is Cc1nn(C)c(CC(O)c2cnsn2)c1Br. The van der Waals surface area contributed by atoms with E-state index in [9.17, 15) is 5.11 Å². The van der Waals surface area contributed by atoms with Gasteiger partial charge in [0.15, 0.2) is 0 Å². The lowest BCUT2D eigenvalue weighted by molar-refractivity contribution is 0.171. The van der Waals surface area contributed by atoms with Crippen molar-refractivity contribution >= 4 is 27.7 Å². The van der Waals surface area contributed by atoms with Crippen LogP contribution in [0.15, 0.2) is 10.7 Å². The van der Waals surface area contributed by atoms with Crippen LogP contribution < -0.4 is 0 Å². The van der Waals surface area contributed by atoms with Gasteiger partial charge in [-0.3, -0.25) is 4.68 Å². The quantitative estimate of drug-likeness (QED) is 0.936. The summed E-state index contributed by atoms with van der Waals surface area (Å²) >= 11 is 4.56. The molecular weight excluding hydrogens is 292 g/mol. The predicted molar refractivity (Wildman–Crippen MR) is 64.2 cm³/mol. The molecule has 2 heterocycles. The van der Waals surface area contributed by atoms with E-state index >= 15 is 0 Å². The van der Waals surface area contributed by atoms with Crippen LogP contribution in [0, 0.1) is 6.92 Å². The molecule has 0 saturated heterocycles. The maximum Gasteiger partial charge on any atom is 0.104 e. The molecule has 0 aliphatic heterocycles. The molecule has 0 aliphatic carbocycles. The molecule has 1 N–H and O–H groups in total. The van der Waals surface area contributed by atoms with Gasteiger partial charge < -0.3 is 5.11 Å². The zero-order valence-corrected chi connectivity index (χ0v) is 11.3. The molecule has 2 rings (SSSR count). The summed E-state index contributed by atoms with van der Waals surface area (Å²) in [6, 6.07) is 0. The van der Waals surface area contributed by atoms with Crippen molar-refractivity contribution in [2.75, 3.05) is 0 Å². The molecule has 16 heavy (non-hydrogen) atoms. The van der Waals surface area contributed by atoms with Gasteiger partial charge in [-0.15, -0.1) is 0 Å². The Hall–Kier alpha value is -0.790. The molecule has 7 heteroatoms. The number of aromatic nitrogens is 4. The first-order valence-electron chi connectivity index (χ1n) is 4.73. The summed E-state index contributed by atoms with van der Waals surface area (Å²) in [7, 11) is 1.86. The van der Waals surface area contributed by atoms with Gasteiger partial charge in [0.25, 0.3) is 0 Å². The molecule has 0 saturated carbocycles. The molecule has 0 bridgehead atoms. The summed E-state index contributed by atoms with van der Waals surface area (Å²) in [6.07, 6.45) is 1.43. The van der Waals surface area contributed by atoms with Gasteiger partial charge in [0.05, 0.1) is 33.8 Å². The van der Waals surface area contributed by atoms with E-state index in [1.54, 1.807) is 10.9 Å². The highest BCUT2D eigenvalue weighted by atomic mass is 79.9. The molecule has 0 radical (unpaired) electrons. The number of aryl methyl sites for hydroxylation is 2. The van der Waals surface area contributed by atoms with Gasteiger partial charge in [0.2, 0.25) is 0 Å². The maximum atomic E-state index is 9.96. The predicted octanol–water partition coefficient (Wildman–Crippen LogP) is 1.62. The molecule has 1 unspecified atom stereocenters. The molecule has 2 aromatic heterocycles. The number of aliphatic hydroxyl groups excluding tert-OH is 1. The van der Waals surface area contributed by atoms with Gasteiger partial charge in [-0.1, -0.05) is 0 Å². The third-order valence-corrected chi connectivity index (χ3v) is 3.89. The van der Waals surface area contributed by atoms with E-state index in [1.807, 2.05) is 14.0 Å². The van der Waals surface area contributed by atoms with Gasteiger partial charge in [0, 0.05) is 13.5 Å². The van der Waals surface area contributed by atoms with Crippen LogP contribution in [0.3, 0.4) is 0 Å². The van der Waals surface area contributed by atoms with Gasteiger partial charge in [0.1, 0.15) is 11.8 Å². The van der Waals surface area contributed by atoms with Crippen molar-refractivity contribution in [2.45, 2.75) is 19.4 Å². The Morgan fingerprint density at radius 1 is 1.62 bits per heavy atom. The Balaban J connectivity index is 2.21. The topological polar surface area (TPSA) is 63.8 Å². The number of hydrogen-bond donors (Lipinski definition) is 1. The van der Waals surface area contributed by atoms with Crippen LogP contribution in [0.4, 0.5) is 0 Å². The monoisotopic (exact) mass is 302 g/mol. The highest BCUT2D eigenvalue weighted by Gasteiger charge is 2.17. The average Bonchev–Trinajstić information content (AvgIpc) is 2.83. The fourth-order valence-electron chi connectivity index (χ4n) is 1.51. The van der Waals surface area contributed by atoms with Crippen LogP contribution in [0.5, 0.6) is 0 Å². The Kier molecular flexibility index (Phi) is 3.36. The molecule has 5 nitrogen and oxygen atoms in total. The van der Waals surface area contributed by atoms with Crippen molar-refractivity contribution in [1.29, 1.82) is 0 Å². The summed E-state index contributed by atoms with van der Waals surface area (Å²) in [5.41, 5.74) is 2.48. The normalized spacial score (nSPS) is 13.0. The van der Waals surface area contributed by atoms with Crippen molar-refractivity contribution in [2.24, 2.45) is 7.05 Å². The Bertz CT molecular complexity index is 482. The Morgan fingerprint density at radius 3 is 2.88 bits per heavy atom. The van der Waals surface area contributed by atoms with Crippen molar-refractivity contribution in [3.8, 4) is 0 Å². The van der Waals surface area contributed by atoms with Crippen molar-refractivity contribution in [1.82, 2.24) is 18.5 Å². The number of aliphatic hydroxyl groups is 1. The van der Waals surface area contributed by atoms with Crippen LogP contribution in [-0.4, -0.2) is 23.6 Å². The molecule has 1 atom stereocenters. The number of hydrogen-bond acceptors (Lipinski definition) is 5. The van der Waals surface area contributed by atoms with Crippen LogP contribution >= 0.6 is 27.7 Å². The van der Waals surface area contributed by atoms with Crippen LogP contribution in [-0.2, 0) is 13.5 Å². The lowest BCUT2D eigenvalue weighted by atomic mass is 10.1. The first-order chi connectivity index (χ1) is 7.59. The van der Waals surface area contributed by atoms with Crippen molar-refractivity contribution in [3.05, 3.63) is 27.8 Å². The molecule has 2 aromatic rings. The van der Waals surface area contributed by atoms with Crippen LogP contribution in [0.2, 0.25) is 0 Å². The number of halogens is 1. The summed E-state index contributed by atoms with van der Waals surface area (Å²) in [6.45, 7) is 1.92. The van der Waals surface area contributed by atoms with E-state index in [2.05, 4.69) is 29.8 Å². The smallest absolute Gasteiger partial charge is 0.104 e. The van der Waals surface area contributed by atoms with E-state index in [0.29, 0.717) is 12.1 Å². The summed E-state index contributed by atoms with van der Waals surface area (Å²) in [4.78, 5) is 0. The van der Waals surface area contributed by atoms with Crippen LogP contribution in [0.25, 0.3) is 0 Å². The molecule has 0 aromatic carbocycles. The average molecular weight is 303 g/mol. The molecule has 86 valence electrons. The van der Waals surface area contributed by atoms with Crippen molar-refractivity contribution in [3.63, 3.8) is 0 Å². The van der Waals surface area contributed by atoms with Gasteiger partial charge >= 0.3 is 0 Å². The lowest BCUT2D eigenvalue weighted by Gasteiger charge is -2.07. The minimum absolute atomic E-state index is 0.476. The molecule has 0 fully saturated rings. The second-order valence-electron chi connectivity index (χ2n) is 3.52. The third-order valence-electron chi connectivity index (χ3n) is 2.37. The fourth-order valence-corrected chi connectivity index (χ4v) is 2.47. The summed E-state index contributed by atoms with van der Waals surface area (Å²) < 4.78 is 10.6. The molecule has 0 aliphatic rings. The van der Waals surface area contributed by atoms with E-state index in [-0.39, 0.29) is 0 Å². The second kappa shape index (κ2) is 4.60. The zero-order valence-electron chi connectivity index (χ0n) is 8.88. The van der Waals surface area contributed by atoms with E-state index in [4.69, 9.17) is 0 Å². The molecular formula is C9H11BrN4OS. The summed E-state index contributed by atoms with van der Waals surface area (Å²) in [5.74, 6) is 0. The van der Waals surface area contributed by atoms with E-state index in [0.717, 1.165) is 27.6 Å². The molecule has 0 amide bonds. The minimum Gasteiger partial charge on any atom is -0.386 e. The zero-order chi connectivity index (χ0) is 11.7. The number of rotatable bonds is 3. The second-order valence-corrected chi connectivity index (χ2v) is 4.87. The highest BCUT2D eigenvalue weighted by Crippen LogP contribution is 2.25. The van der Waals surface area contributed by atoms with Gasteiger partial charge in [-0.05, 0) is 22.9 Å². The van der Waals surface area contributed by atoms with Gasteiger partial charge in [-0.25, -0.2) is 0 Å². The summed E-state index contributed by atoms with van der Waals surface area (Å²) in [5, 5.41) is 14.2. The fraction of sp³-hybridized carbons (Fsp3) is 0.444. The Labute approximate surface area is 106 Å². The lowest BCUT2D eigenvalue weighted by Crippen LogP contribution is -2.07.